The van der Waals surface area contributed by atoms with E-state index < -0.39 is 23.8 Å². The Kier molecular flexibility index (Phi) is 6.83. The zero-order chi connectivity index (χ0) is 20.2. The maximum atomic E-state index is 13.8. The minimum atomic E-state index is -1.62. The van der Waals surface area contributed by atoms with Gasteiger partial charge in [-0.1, -0.05) is 11.6 Å². The molecule has 0 saturated heterocycles. The number of nitrogens with one attached hydrogen (secondary N) is 3. The summed E-state index contributed by atoms with van der Waals surface area (Å²) in [5.41, 5.74) is -0.897. The van der Waals surface area contributed by atoms with Gasteiger partial charge >= 0.3 is 6.09 Å². The predicted molar refractivity (Wildman–Crippen MR) is 98.7 cm³/mol. The van der Waals surface area contributed by atoms with Gasteiger partial charge in [0.25, 0.3) is 5.91 Å². The lowest BCUT2D eigenvalue weighted by atomic mass is 9.89. The summed E-state index contributed by atoms with van der Waals surface area (Å²) in [6.07, 6.45) is 0.162. The molecule has 1 atom stereocenters. The number of alkyl halides is 1. The fraction of sp³-hybridized carbons (Fsp3) is 0.588. The molecule has 2 rings (SSSR count). The first-order valence-electron chi connectivity index (χ1n) is 8.55. The third-order valence-electron chi connectivity index (χ3n) is 4.26. The normalized spacial score (nSPS) is 20.2. The van der Waals surface area contributed by atoms with Crippen molar-refractivity contribution in [3.8, 4) is 0 Å². The van der Waals surface area contributed by atoms with Crippen LogP contribution in [0.15, 0.2) is 12.3 Å². The minimum absolute atomic E-state index is 0.00466. The fourth-order valence-corrected chi connectivity index (χ4v) is 2.63. The van der Waals surface area contributed by atoms with Crippen LogP contribution in [0.1, 0.15) is 37.0 Å². The molecule has 150 valence electrons. The summed E-state index contributed by atoms with van der Waals surface area (Å²) >= 11 is 5.92. The van der Waals surface area contributed by atoms with Gasteiger partial charge in [-0.05, 0) is 19.9 Å². The topological polar surface area (TPSA) is 113 Å². The molecule has 4 N–H and O–H groups in total. The molecule has 2 amide bonds. The lowest BCUT2D eigenvalue weighted by Gasteiger charge is -2.36. The van der Waals surface area contributed by atoms with Crippen LogP contribution in [0, 0.1) is 0 Å². The largest absolute Gasteiger partial charge is 0.446 e. The van der Waals surface area contributed by atoms with Gasteiger partial charge in [-0.2, -0.15) is 0 Å². The van der Waals surface area contributed by atoms with Crippen LogP contribution in [0.25, 0.3) is 0 Å². The molecule has 10 heteroatoms. The first-order valence-corrected chi connectivity index (χ1v) is 8.93. The van der Waals surface area contributed by atoms with Crippen LogP contribution < -0.4 is 16.0 Å². The summed E-state index contributed by atoms with van der Waals surface area (Å²) in [5.74, 6) is -0.536. The number of ether oxygens (including phenoxy) is 1. The molecule has 0 aliphatic heterocycles. The maximum Gasteiger partial charge on any atom is 0.407 e. The molecule has 1 aromatic heterocycles. The van der Waals surface area contributed by atoms with Crippen molar-refractivity contribution in [2.45, 2.75) is 50.6 Å². The van der Waals surface area contributed by atoms with Gasteiger partial charge in [0, 0.05) is 32.1 Å². The highest BCUT2D eigenvalue weighted by atomic mass is 35.5. The third-order valence-corrected chi connectivity index (χ3v) is 4.46. The monoisotopic (exact) mass is 402 g/mol. The van der Waals surface area contributed by atoms with E-state index in [9.17, 15) is 19.1 Å². The highest BCUT2D eigenvalue weighted by Gasteiger charge is 2.33. The Hall–Kier alpha value is -2.13. The lowest BCUT2D eigenvalue weighted by molar-refractivity contribution is -0.00177. The number of anilines is 1. The Morgan fingerprint density at radius 2 is 2.15 bits per heavy atom. The molecule has 0 aromatic carbocycles. The molecular weight excluding hydrogens is 379 g/mol. The van der Waals surface area contributed by atoms with E-state index in [1.807, 2.05) is 0 Å². The molecule has 1 heterocycles. The molecule has 0 unspecified atom stereocenters. The van der Waals surface area contributed by atoms with E-state index in [1.54, 1.807) is 0 Å². The molecule has 0 radical (unpaired) electrons. The van der Waals surface area contributed by atoms with Crippen LogP contribution >= 0.6 is 11.6 Å². The van der Waals surface area contributed by atoms with Crippen LogP contribution in [0.5, 0.6) is 0 Å². The zero-order valence-electron chi connectivity index (χ0n) is 15.4. The van der Waals surface area contributed by atoms with Crippen LogP contribution in [0.3, 0.4) is 0 Å². The Bertz CT molecular complexity index is 692. The number of aliphatic hydroxyl groups is 1. The maximum absolute atomic E-state index is 13.8. The van der Waals surface area contributed by atoms with E-state index >= 15 is 0 Å². The van der Waals surface area contributed by atoms with E-state index in [-0.39, 0.29) is 29.4 Å². The molecule has 8 nitrogen and oxygen atoms in total. The highest BCUT2D eigenvalue weighted by molar-refractivity contribution is 6.29. The molecule has 1 aliphatic carbocycles. The van der Waals surface area contributed by atoms with Gasteiger partial charge in [0.05, 0.1) is 23.4 Å². The van der Waals surface area contributed by atoms with Crippen molar-refractivity contribution in [2.75, 3.05) is 18.9 Å². The second kappa shape index (κ2) is 8.71. The number of amides is 2. The van der Waals surface area contributed by atoms with E-state index in [4.69, 9.17) is 16.3 Å². The van der Waals surface area contributed by atoms with Crippen LogP contribution in [-0.2, 0) is 4.74 Å². The molecule has 1 aromatic rings. The number of carbonyl (C=O) groups excluding carboxylic acids is 2. The van der Waals surface area contributed by atoms with Crippen molar-refractivity contribution in [2.24, 2.45) is 0 Å². The van der Waals surface area contributed by atoms with Gasteiger partial charge in [0.1, 0.15) is 17.4 Å². The van der Waals surface area contributed by atoms with Gasteiger partial charge < -0.3 is 25.8 Å². The van der Waals surface area contributed by atoms with Crippen molar-refractivity contribution in [1.29, 1.82) is 0 Å². The number of alkyl carbamates (subject to hydrolysis) is 1. The van der Waals surface area contributed by atoms with E-state index in [1.165, 1.54) is 33.2 Å². The number of carbonyl (C=O) groups is 2. The van der Waals surface area contributed by atoms with Gasteiger partial charge in [-0.15, -0.1) is 0 Å². The minimum Gasteiger partial charge on any atom is -0.446 e. The summed E-state index contributed by atoms with van der Waals surface area (Å²) in [6, 6.07) is 1.50. The average molecular weight is 403 g/mol. The summed E-state index contributed by atoms with van der Waals surface area (Å²) < 4.78 is 19.0. The van der Waals surface area contributed by atoms with Crippen molar-refractivity contribution >= 4 is 29.3 Å². The van der Waals surface area contributed by atoms with Crippen molar-refractivity contribution in [3.63, 3.8) is 0 Å². The van der Waals surface area contributed by atoms with Crippen molar-refractivity contribution in [1.82, 2.24) is 15.6 Å². The van der Waals surface area contributed by atoms with Gasteiger partial charge in [-0.3, -0.25) is 4.79 Å². The Balaban J connectivity index is 1.97. The fourth-order valence-electron chi connectivity index (χ4n) is 2.47. The number of rotatable bonds is 7. The quantitative estimate of drug-likeness (QED) is 0.518. The summed E-state index contributed by atoms with van der Waals surface area (Å²) in [5, 5.41) is 17.8. The van der Waals surface area contributed by atoms with Crippen LogP contribution in [0.2, 0.25) is 5.15 Å². The van der Waals surface area contributed by atoms with E-state index in [0.29, 0.717) is 18.5 Å². The number of nitrogens with zero attached hydrogens (tertiary/aromatic N) is 1. The Labute approximate surface area is 161 Å². The lowest BCUT2D eigenvalue weighted by Crippen LogP contribution is -2.44. The van der Waals surface area contributed by atoms with E-state index in [2.05, 4.69) is 20.9 Å². The Morgan fingerprint density at radius 1 is 1.48 bits per heavy atom. The summed E-state index contributed by atoms with van der Waals surface area (Å²) in [7, 11) is 1.49. The van der Waals surface area contributed by atoms with Crippen molar-refractivity contribution < 1.29 is 23.8 Å². The predicted octanol–water partition coefficient (Wildman–Crippen LogP) is 1.87. The SMILES string of the molecule is CNC(=O)O[C@H]1C[C@@H](Nc2cc(Cl)ncc2C(=O)NC[C@@H](F)C(C)(C)O)C1. The first kappa shape index (κ1) is 21.2. The second-order valence-electron chi connectivity index (χ2n) is 6.97. The first-order chi connectivity index (χ1) is 12.6. The Morgan fingerprint density at radius 3 is 2.74 bits per heavy atom. The molecule has 27 heavy (non-hydrogen) atoms. The number of aromatic nitrogens is 1. The van der Waals surface area contributed by atoms with E-state index in [0.717, 1.165) is 0 Å². The standard InChI is InChI=1S/C17H24ClFN4O4/c1-17(2,26)13(19)8-22-15(24)11-7-21-14(18)6-12(11)23-9-4-10(5-9)27-16(25)20-3/h6-7,9-10,13,26H,4-5,8H2,1-3H3,(H,20,25)(H,21,23)(H,22,24)/t9-,10+,13-/m1/s1. The summed E-state index contributed by atoms with van der Waals surface area (Å²) in [4.78, 5) is 27.5. The molecule has 1 aliphatic rings. The number of hydrogen-bond acceptors (Lipinski definition) is 6. The molecule has 1 saturated carbocycles. The molecule has 0 bridgehead atoms. The van der Waals surface area contributed by atoms with Crippen LogP contribution in [0.4, 0.5) is 14.9 Å². The number of hydrogen-bond donors (Lipinski definition) is 4. The van der Waals surface area contributed by atoms with Gasteiger partial charge in [0.2, 0.25) is 0 Å². The van der Waals surface area contributed by atoms with Gasteiger partial charge in [0.15, 0.2) is 0 Å². The zero-order valence-corrected chi connectivity index (χ0v) is 16.1. The van der Waals surface area contributed by atoms with Crippen molar-refractivity contribution in [3.05, 3.63) is 23.0 Å². The summed E-state index contributed by atoms with van der Waals surface area (Å²) in [6.45, 7) is 2.32. The highest BCUT2D eigenvalue weighted by Crippen LogP contribution is 2.29. The molecule has 0 spiro atoms. The molecule has 1 fully saturated rings. The molecular formula is C17H24ClFN4O4. The smallest absolute Gasteiger partial charge is 0.407 e. The third kappa shape index (κ3) is 5.93. The van der Waals surface area contributed by atoms with Gasteiger partial charge in [-0.25, -0.2) is 14.2 Å². The number of halogens is 2. The second-order valence-corrected chi connectivity index (χ2v) is 7.36. The number of pyridine rings is 1. The van der Waals surface area contributed by atoms with Crippen LogP contribution in [-0.4, -0.2) is 59.6 Å². The average Bonchev–Trinajstić information content (AvgIpc) is 2.56.